The van der Waals surface area contributed by atoms with E-state index in [1.807, 2.05) is 36.4 Å². The van der Waals surface area contributed by atoms with E-state index in [0.717, 1.165) is 23.3 Å². The maximum Gasteiger partial charge on any atom is 0.189 e. The van der Waals surface area contributed by atoms with Crippen LogP contribution in [-0.4, -0.2) is 31.3 Å². The Morgan fingerprint density at radius 2 is 2.15 bits per heavy atom. The number of phenolic OH excluding ortho intramolecular Hbond substituents is 1. The Kier molecular flexibility index (Phi) is 7.38. The number of halogens is 1. The monoisotopic (exact) mass is 469 g/mol. The van der Waals surface area contributed by atoms with Gasteiger partial charge in [0.25, 0.3) is 0 Å². The number of aromatic hydroxyl groups is 1. The fourth-order valence-corrected chi connectivity index (χ4v) is 2.90. The molecule has 1 aliphatic heterocycles. The predicted molar refractivity (Wildman–Crippen MR) is 113 cm³/mol. The number of hydrogen-bond donors (Lipinski definition) is 3. The SMILES string of the molecule is COc1cc(CCN=C(N)NC2CCOc3ccccc32)ccc1O.I. The molecule has 0 bridgehead atoms. The molecule has 1 aliphatic rings. The number of phenols is 1. The zero-order chi connectivity index (χ0) is 17.6. The van der Waals surface area contributed by atoms with Crippen molar-refractivity contribution in [2.24, 2.45) is 10.7 Å². The van der Waals surface area contributed by atoms with Crippen molar-refractivity contribution in [3.8, 4) is 17.2 Å². The Labute approximate surface area is 170 Å². The van der Waals surface area contributed by atoms with E-state index in [1.165, 1.54) is 7.11 Å². The Balaban J connectivity index is 0.00000243. The largest absolute Gasteiger partial charge is 0.504 e. The second-order valence-electron chi connectivity index (χ2n) is 5.90. The fourth-order valence-electron chi connectivity index (χ4n) is 2.90. The molecular formula is C19H24IN3O3. The minimum atomic E-state index is 0. The lowest BCUT2D eigenvalue weighted by Gasteiger charge is -2.26. The van der Waals surface area contributed by atoms with Crippen molar-refractivity contribution in [2.45, 2.75) is 18.9 Å². The molecule has 6 nitrogen and oxygen atoms in total. The van der Waals surface area contributed by atoms with Crippen molar-refractivity contribution in [3.63, 3.8) is 0 Å². The normalized spacial score (nSPS) is 16.0. The van der Waals surface area contributed by atoms with Crippen LogP contribution in [0.5, 0.6) is 17.2 Å². The van der Waals surface area contributed by atoms with Gasteiger partial charge in [0.05, 0.1) is 19.8 Å². The molecular weight excluding hydrogens is 445 g/mol. The first-order chi connectivity index (χ1) is 12.2. The molecule has 1 atom stereocenters. The van der Waals surface area contributed by atoms with Crippen LogP contribution in [-0.2, 0) is 6.42 Å². The zero-order valence-electron chi connectivity index (χ0n) is 14.6. The number of ether oxygens (including phenoxy) is 2. The number of methoxy groups -OCH3 is 1. The van der Waals surface area contributed by atoms with Crippen LogP contribution in [0.15, 0.2) is 47.5 Å². The van der Waals surface area contributed by atoms with Crippen molar-refractivity contribution < 1.29 is 14.6 Å². The Hall–Kier alpha value is -2.16. The molecule has 0 fully saturated rings. The van der Waals surface area contributed by atoms with Gasteiger partial charge in [-0.2, -0.15) is 0 Å². The summed E-state index contributed by atoms with van der Waals surface area (Å²) in [7, 11) is 1.53. The number of benzene rings is 2. The van der Waals surface area contributed by atoms with E-state index in [1.54, 1.807) is 6.07 Å². The molecule has 0 aromatic heterocycles. The maximum atomic E-state index is 9.62. The van der Waals surface area contributed by atoms with Gasteiger partial charge in [-0.3, -0.25) is 4.99 Å². The molecule has 0 amide bonds. The summed E-state index contributed by atoms with van der Waals surface area (Å²) in [6.07, 6.45) is 1.56. The topological polar surface area (TPSA) is 89.1 Å². The number of para-hydroxylation sites is 1. The van der Waals surface area contributed by atoms with Crippen LogP contribution in [0.25, 0.3) is 0 Å². The van der Waals surface area contributed by atoms with Gasteiger partial charge in [-0.05, 0) is 30.2 Å². The van der Waals surface area contributed by atoms with E-state index in [2.05, 4.69) is 10.3 Å². The number of nitrogens with two attached hydrogens (primary N) is 1. The van der Waals surface area contributed by atoms with Crippen molar-refractivity contribution >= 4 is 29.9 Å². The summed E-state index contributed by atoms with van der Waals surface area (Å²) in [5, 5.41) is 12.9. The summed E-state index contributed by atoms with van der Waals surface area (Å²) in [6, 6.07) is 13.4. The van der Waals surface area contributed by atoms with E-state index in [0.29, 0.717) is 31.3 Å². The van der Waals surface area contributed by atoms with Crippen LogP contribution in [0.2, 0.25) is 0 Å². The van der Waals surface area contributed by atoms with E-state index in [-0.39, 0.29) is 35.8 Å². The van der Waals surface area contributed by atoms with Crippen LogP contribution in [0, 0.1) is 0 Å². The highest BCUT2D eigenvalue weighted by Gasteiger charge is 2.21. The molecule has 0 radical (unpaired) electrons. The molecule has 2 aromatic rings. The summed E-state index contributed by atoms with van der Waals surface area (Å²) in [5.41, 5.74) is 8.18. The van der Waals surface area contributed by atoms with Crippen molar-refractivity contribution in [1.29, 1.82) is 0 Å². The molecule has 1 unspecified atom stereocenters. The minimum absolute atomic E-state index is 0. The van der Waals surface area contributed by atoms with Crippen molar-refractivity contribution in [2.75, 3.05) is 20.3 Å². The van der Waals surface area contributed by atoms with Gasteiger partial charge in [-0.1, -0.05) is 24.3 Å². The minimum Gasteiger partial charge on any atom is -0.504 e. The zero-order valence-corrected chi connectivity index (χ0v) is 17.0. The Morgan fingerprint density at radius 1 is 1.35 bits per heavy atom. The third-order valence-electron chi connectivity index (χ3n) is 4.21. The van der Waals surface area contributed by atoms with E-state index in [4.69, 9.17) is 15.2 Å². The summed E-state index contributed by atoms with van der Waals surface area (Å²) in [6.45, 7) is 1.22. The van der Waals surface area contributed by atoms with Gasteiger partial charge in [-0.25, -0.2) is 0 Å². The highest BCUT2D eigenvalue weighted by atomic mass is 127. The number of nitrogens with one attached hydrogen (secondary N) is 1. The van der Waals surface area contributed by atoms with Crippen molar-refractivity contribution in [1.82, 2.24) is 5.32 Å². The van der Waals surface area contributed by atoms with Gasteiger partial charge >= 0.3 is 0 Å². The molecule has 140 valence electrons. The van der Waals surface area contributed by atoms with Crippen molar-refractivity contribution in [3.05, 3.63) is 53.6 Å². The van der Waals surface area contributed by atoms with Gasteiger partial charge in [0, 0.05) is 18.5 Å². The summed E-state index contributed by atoms with van der Waals surface area (Å²) < 4.78 is 10.8. The van der Waals surface area contributed by atoms with Crippen LogP contribution >= 0.6 is 24.0 Å². The summed E-state index contributed by atoms with van der Waals surface area (Å²) in [5.74, 6) is 1.92. The first-order valence-electron chi connectivity index (χ1n) is 8.31. The van der Waals surface area contributed by atoms with Gasteiger partial charge < -0.3 is 25.6 Å². The standard InChI is InChI=1S/C19H23N3O3.HI/c1-24-18-12-13(6-7-16(18)23)8-10-21-19(20)22-15-9-11-25-17-5-3-2-4-14(15)17;/h2-7,12,15,23H,8-11H2,1H3,(H3,20,21,22);1H. The smallest absolute Gasteiger partial charge is 0.189 e. The number of fused-ring (bicyclic) bond motifs is 1. The maximum absolute atomic E-state index is 9.62. The van der Waals surface area contributed by atoms with E-state index >= 15 is 0 Å². The Morgan fingerprint density at radius 3 is 2.96 bits per heavy atom. The second-order valence-corrected chi connectivity index (χ2v) is 5.90. The van der Waals surface area contributed by atoms with Crippen LogP contribution < -0.4 is 20.5 Å². The molecule has 3 rings (SSSR count). The third-order valence-corrected chi connectivity index (χ3v) is 4.21. The second kappa shape index (κ2) is 9.51. The van der Waals surface area contributed by atoms with Crippen LogP contribution in [0.3, 0.4) is 0 Å². The first-order valence-corrected chi connectivity index (χ1v) is 8.31. The Bertz CT molecular complexity index is 767. The molecule has 0 aliphatic carbocycles. The van der Waals surface area contributed by atoms with Gasteiger partial charge in [0.1, 0.15) is 5.75 Å². The number of rotatable bonds is 5. The molecule has 7 heteroatoms. The summed E-state index contributed by atoms with van der Waals surface area (Å²) >= 11 is 0. The molecule has 0 saturated heterocycles. The van der Waals surface area contributed by atoms with Gasteiger partial charge in [-0.15, -0.1) is 24.0 Å². The number of guanidine groups is 1. The van der Waals surface area contributed by atoms with Gasteiger partial charge in [0.15, 0.2) is 17.5 Å². The third kappa shape index (κ3) is 4.94. The number of nitrogens with zero attached hydrogens (tertiary/aromatic N) is 1. The molecule has 26 heavy (non-hydrogen) atoms. The average molecular weight is 469 g/mol. The van der Waals surface area contributed by atoms with E-state index in [9.17, 15) is 5.11 Å². The average Bonchev–Trinajstić information content (AvgIpc) is 2.63. The predicted octanol–water partition coefficient (Wildman–Crippen LogP) is 2.99. The number of aliphatic imine (C=N–C) groups is 1. The van der Waals surface area contributed by atoms with Crippen LogP contribution in [0.4, 0.5) is 0 Å². The fraction of sp³-hybridized carbons (Fsp3) is 0.316. The highest BCUT2D eigenvalue weighted by Crippen LogP contribution is 2.31. The highest BCUT2D eigenvalue weighted by molar-refractivity contribution is 14.0. The lowest BCUT2D eigenvalue weighted by Crippen LogP contribution is -2.37. The molecule has 4 N–H and O–H groups in total. The van der Waals surface area contributed by atoms with Gasteiger partial charge in [0.2, 0.25) is 0 Å². The molecule has 2 aromatic carbocycles. The quantitative estimate of drug-likeness (QED) is 0.356. The molecule has 0 spiro atoms. The lowest BCUT2D eigenvalue weighted by molar-refractivity contribution is 0.262. The number of hydrogen-bond acceptors (Lipinski definition) is 4. The molecule has 1 heterocycles. The molecule has 0 saturated carbocycles. The summed E-state index contributed by atoms with van der Waals surface area (Å²) in [4.78, 5) is 4.40. The lowest BCUT2D eigenvalue weighted by atomic mass is 10.0. The van der Waals surface area contributed by atoms with Crippen LogP contribution in [0.1, 0.15) is 23.6 Å². The van der Waals surface area contributed by atoms with E-state index < -0.39 is 0 Å². The first kappa shape index (κ1) is 20.2.